The van der Waals surface area contributed by atoms with E-state index in [1.165, 1.54) is 12.1 Å². The van der Waals surface area contributed by atoms with Gasteiger partial charge in [-0.15, -0.1) is 0 Å². The number of nitrogens with zero attached hydrogens (tertiary/aromatic N) is 3. The summed E-state index contributed by atoms with van der Waals surface area (Å²) in [4.78, 5) is 25.5. The van der Waals surface area contributed by atoms with Crippen molar-refractivity contribution in [2.24, 2.45) is 0 Å². The van der Waals surface area contributed by atoms with Crippen LogP contribution in [0.4, 0.5) is 4.39 Å². The Morgan fingerprint density at radius 1 is 1.39 bits per heavy atom. The molecule has 0 bridgehead atoms. The molecule has 0 aliphatic rings. The fourth-order valence-corrected chi connectivity index (χ4v) is 2.16. The lowest BCUT2D eigenvalue weighted by Crippen LogP contribution is -2.09. The summed E-state index contributed by atoms with van der Waals surface area (Å²) < 4.78 is 12.9. The summed E-state index contributed by atoms with van der Waals surface area (Å²) in [5.74, 6) is -0.612. The normalized spacial score (nSPS) is 10.6. The van der Waals surface area contributed by atoms with Gasteiger partial charge in [0.05, 0.1) is 0 Å². The molecule has 7 heteroatoms. The van der Waals surface area contributed by atoms with Gasteiger partial charge >= 0.3 is 0 Å². The standard InChI is InChI=1S/C11H11FN4OS/c1-2-3-7-4-9(17)16-11(15-7)18-10-5-8(12)13-6-14-10/h4-6H,2-3H2,1H3,(H,15,16,17). The third-order valence-corrected chi connectivity index (χ3v) is 2.91. The zero-order chi connectivity index (χ0) is 13.0. The van der Waals surface area contributed by atoms with E-state index in [9.17, 15) is 9.18 Å². The van der Waals surface area contributed by atoms with E-state index in [0.717, 1.165) is 36.6 Å². The van der Waals surface area contributed by atoms with E-state index >= 15 is 0 Å². The lowest BCUT2D eigenvalue weighted by Gasteiger charge is -2.02. The Hall–Kier alpha value is -1.76. The summed E-state index contributed by atoms with van der Waals surface area (Å²) >= 11 is 1.10. The minimum absolute atomic E-state index is 0.217. The van der Waals surface area contributed by atoms with E-state index in [0.29, 0.717) is 10.2 Å². The number of hydrogen-bond acceptors (Lipinski definition) is 5. The largest absolute Gasteiger partial charge is 0.301 e. The molecule has 2 heterocycles. The summed E-state index contributed by atoms with van der Waals surface area (Å²) in [5, 5.41) is 0.809. The van der Waals surface area contributed by atoms with Crippen LogP contribution in [-0.2, 0) is 6.42 Å². The maximum atomic E-state index is 12.9. The lowest BCUT2D eigenvalue weighted by atomic mass is 10.2. The zero-order valence-electron chi connectivity index (χ0n) is 9.68. The molecule has 1 N–H and O–H groups in total. The molecule has 0 amide bonds. The van der Waals surface area contributed by atoms with E-state index in [1.54, 1.807) is 0 Å². The van der Waals surface area contributed by atoms with Crippen LogP contribution in [0.5, 0.6) is 0 Å². The number of hydrogen-bond donors (Lipinski definition) is 1. The predicted molar refractivity (Wildman–Crippen MR) is 65.0 cm³/mol. The lowest BCUT2D eigenvalue weighted by molar-refractivity contribution is 0.572. The van der Waals surface area contributed by atoms with Crippen LogP contribution in [0.3, 0.4) is 0 Å². The monoisotopic (exact) mass is 266 g/mol. The first-order chi connectivity index (χ1) is 8.67. The topological polar surface area (TPSA) is 71.5 Å². The van der Waals surface area contributed by atoms with E-state index in [1.807, 2.05) is 6.92 Å². The first-order valence-corrected chi connectivity index (χ1v) is 6.24. The van der Waals surface area contributed by atoms with Crippen molar-refractivity contribution in [3.05, 3.63) is 40.5 Å². The fraction of sp³-hybridized carbons (Fsp3) is 0.273. The van der Waals surface area contributed by atoms with Crippen LogP contribution in [0, 0.1) is 5.95 Å². The van der Waals surface area contributed by atoms with E-state index in [-0.39, 0.29) is 5.56 Å². The van der Waals surface area contributed by atoms with Crippen molar-refractivity contribution in [3.63, 3.8) is 0 Å². The number of aromatic nitrogens is 4. The summed E-state index contributed by atoms with van der Waals surface area (Å²) in [6.07, 6.45) is 2.77. The van der Waals surface area contributed by atoms with Gasteiger partial charge in [0.25, 0.3) is 5.56 Å². The molecule has 0 saturated carbocycles. The number of halogens is 1. The van der Waals surface area contributed by atoms with Crippen LogP contribution in [-0.4, -0.2) is 19.9 Å². The summed E-state index contributed by atoms with van der Waals surface area (Å²) in [7, 11) is 0. The molecular weight excluding hydrogens is 255 g/mol. The molecule has 2 aromatic rings. The average molecular weight is 266 g/mol. The highest BCUT2D eigenvalue weighted by atomic mass is 32.2. The second kappa shape index (κ2) is 5.72. The third-order valence-electron chi connectivity index (χ3n) is 2.09. The van der Waals surface area contributed by atoms with Crippen LogP contribution in [0.15, 0.2) is 33.4 Å². The number of rotatable bonds is 4. The second-order valence-corrected chi connectivity index (χ2v) is 4.58. The number of aryl methyl sites for hydroxylation is 1. The van der Waals surface area contributed by atoms with Crippen molar-refractivity contribution < 1.29 is 4.39 Å². The van der Waals surface area contributed by atoms with Crippen LogP contribution >= 0.6 is 11.8 Å². The molecule has 0 atom stereocenters. The summed E-state index contributed by atoms with van der Waals surface area (Å²) in [5.41, 5.74) is 0.503. The Bertz CT molecular complexity index is 602. The smallest absolute Gasteiger partial charge is 0.251 e. The molecular formula is C11H11FN4OS. The summed E-state index contributed by atoms with van der Waals surface area (Å²) in [6.45, 7) is 2.01. The van der Waals surface area contributed by atoms with Gasteiger partial charge in [0.1, 0.15) is 11.4 Å². The van der Waals surface area contributed by atoms with E-state index < -0.39 is 5.95 Å². The number of nitrogens with one attached hydrogen (secondary N) is 1. The maximum Gasteiger partial charge on any atom is 0.251 e. The van der Waals surface area contributed by atoms with Gasteiger partial charge in [0, 0.05) is 17.8 Å². The molecule has 0 aliphatic heterocycles. The average Bonchev–Trinajstić information content (AvgIpc) is 2.28. The van der Waals surface area contributed by atoms with Crippen LogP contribution in [0.2, 0.25) is 0 Å². The Kier molecular flexibility index (Phi) is 4.03. The van der Waals surface area contributed by atoms with Crippen molar-refractivity contribution >= 4 is 11.8 Å². The van der Waals surface area contributed by atoms with Crippen LogP contribution in [0.25, 0.3) is 0 Å². The highest BCUT2D eigenvalue weighted by Gasteiger charge is 2.05. The SMILES string of the molecule is CCCc1cc(=O)[nH]c(Sc2cc(F)ncn2)n1. The van der Waals surface area contributed by atoms with Gasteiger partial charge in [-0.25, -0.2) is 15.0 Å². The summed E-state index contributed by atoms with van der Waals surface area (Å²) in [6, 6.07) is 2.66. The van der Waals surface area contributed by atoms with Crippen molar-refractivity contribution in [2.75, 3.05) is 0 Å². The molecule has 2 rings (SSSR count). The number of aromatic amines is 1. The minimum atomic E-state index is -0.612. The molecule has 0 unspecified atom stereocenters. The molecule has 0 fully saturated rings. The Balaban J connectivity index is 2.26. The van der Waals surface area contributed by atoms with Crippen molar-refractivity contribution in [1.29, 1.82) is 0 Å². The van der Waals surface area contributed by atoms with Crippen molar-refractivity contribution in [3.8, 4) is 0 Å². The quantitative estimate of drug-likeness (QED) is 0.675. The van der Waals surface area contributed by atoms with Crippen LogP contribution in [0.1, 0.15) is 19.0 Å². The van der Waals surface area contributed by atoms with Gasteiger partial charge in [-0.05, 0) is 18.2 Å². The maximum absolute atomic E-state index is 12.9. The fourth-order valence-electron chi connectivity index (χ4n) is 1.39. The minimum Gasteiger partial charge on any atom is -0.301 e. The zero-order valence-corrected chi connectivity index (χ0v) is 10.5. The second-order valence-electron chi connectivity index (χ2n) is 3.57. The van der Waals surface area contributed by atoms with E-state index in [2.05, 4.69) is 19.9 Å². The molecule has 0 aromatic carbocycles. The highest BCUT2D eigenvalue weighted by Crippen LogP contribution is 2.21. The highest BCUT2D eigenvalue weighted by molar-refractivity contribution is 7.99. The molecule has 0 radical (unpaired) electrons. The Morgan fingerprint density at radius 3 is 2.94 bits per heavy atom. The molecule has 0 saturated heterocycles. The van der Waals surface area contributed by atoms with Crippen LogP contribution < -0.4 is 5.56 Å². The predicted octanol–water partition coefficient (Wildman–Crippen LogP) is 1.80. The van der Waals surface area contributed by atoms with Gasteiger partial charge in [0.2, 0.25) is 5.95 Å². The van der Waals surface area contributed by atoms with Gasteiger partial charge in [0.15, 0.2) is 5.16 Å². The molecule has 18 heavy (non-hydrogen) atoms. The van der Waals surface area contributed by atoms with E-state index in [4.69, 9.17) is 0 Å². The molecule has 2 aromatic heterocycles. The molecule has 5 nitrogen and oxygen atoms in total. The Labute approximate surface area is 107 Å². The molecule has 0 aliphatic carbocycles. The van der Waals surface area contributed by atoms with Gasteiger partial charge in [-0.1, -0.05) is 13.3 Å². The molecule has 94 valence electrons. The van der Waals surface area contributed by atoms with Crippen molar-refractivity contribution in [2.45, 2.75) is 29.9 Å². The third kappa shape index (κ3) is 3.36. The first kappa shape index (κ1) is 12.7. The van der Waals surface area contributed by atoms with Gasteiger partial charge in [-0.2, -0.15) is 4.39 Å². The van der Waals surface area contributed by atoms with Crippen molar-refractivity contribution in [1.82, 2.24) is 19.9 Å². The number of H-pyrrole nitrogens is 1. The first-order valence-electron chi connectivity index (χ1n) is 5.43. The van der Waals surface area contributed by atoms with Gasteiger partial charge < -0.3 is 4.98 Å². The van der Waals surface area contributed by atoms with Gasteiger partial charge in [-0.3, -0.25) is 4.79 Å². The molecule has 0 spiro atoms. The Morgan fingerprint density at radius 2 is 2.22 bits per heavy atom.